The van der Waals surface area contributed by atoms with Gasteiger partial charge in [0.1, 0.15) is 5.75 Å². The van der Waals surface area contributed by atoms with E-state index >= 15 is 0 Å². The van der Waals surface area contributed by atoms with Crippen LogP contribution in [-0.2, 0) is 14.3 Å². The molecule has 1 aliphatic rings. The van der Waals surface area contributed by atoms with Gasteiger partial charge < -0.3 is 19.5 Å². The Hall–Kier alpha value is -2.12. The number of likely N-dealkylation sites (N-methyl/N-ethyl adjacent to an activating group) is 1. The highest BCUT2D eigenvalue weighted by atomic mass is 16.5. The van der Waals surface area contributed by atoms with E-state index in [-0.39, 0.29) is 18.6 Å². The lowest BCUT2D eigenvalue weighted by atomic mass is 10.1. The summed E-state index contributed by atoms with van der Waals surface area (Å²) in [6.45, 7) is 6.30. The zero-order valence-electron chi connectivity index (χ0n) is 15.7. The molecule has 7 heteroatoms. The van der Waals surface area contributed by atoms with Crippen LogP contribution in [0.25, 0.3) is 0 Å². The number of ether oxygens (including phenoxy) is 2. The molecule has 0 bridgehead atoms. The molecule has 1 unspecified atom stereocenters. The van der Waals surface area contributed by atoms with Crippen molar-refractivity contribution >= 4 is 11.9 Å². The number of benzene rings is 1. The van der Waals surface area contributed by atoms with E-state index in [1.165, 1.54) is 0 Å². The van der Waals surface area contributed by atoms with Gasteiger partial charge in [-0.25, -0.2) is 0 Å². The van der Waals surface area contributed by atoms with Crippen molar-refractivity contribution < 1.29 is 24.2 Å². The number of amides is 1. The van der Waals surface area contributed by atoms with E-state index in [2.05, 4.69) is 6.07 Å². The summed E-state index contributed by atoms with van der Waals surface area (Å²) in [4.78, 5) is 26.6. The predicted octanol–water partition coefficient (Wildman–Crippen LogP) is 1.32. The number of aliphatic carboxylic acids is 1. The van der Waals surface area contributed by atoms with Crippen LogP contribution in [0.4, 0.5) is 0 Å². The van der Waals surface area contributed by atoms with Crippen LogP contribution in [0.3, 0.4) is 0 Å². The summed E-state index contributed by atoms with van der Waals surface area (Å²) in [6.07, 6.45) is 0.141. The molecule has 1 atom stereocenters. The standard InChI is InChI=1S/C19H28N2O5/c1-14-8-15(2)10-16(9-14)25-6-4-18(22)21-5-7-26-17(12-21)11-20(3)13-19(23)24/h8-10,17H,4-7,11-13H2,1-3H3,(H,23,24). The Morgan fingerprint density at radius 1 is 1.31 bits per heavy atom. The smallest absolute Gasteiger partial charge is 0.317 e. The Balaban J connectivity index is 1.76. The summed E-state index contributed by atoms with van der Waals surface area (Å²) in [5, 5.41) is 8.82. The van der Waals surface area contributed by atoms with E-state index in [0.717, 1.165) is 16.9 Å². The number of hydrogen-bond donors (Lipinski definition) is 1. The summed E-state index contributed by atoms with van der Waals surface area (Å²) >= 11 is 0. The van der Waals surface area contributed by atoms with Gasteiger partial charge in [-0.3, -0.25) is 14.5 Å². The average Bonchev–Trinajstić information content (AvgIpc) is 2.53. The lowest BCUT2D eigenvalue weighted by molar-refractivity contribution is -0.142. The van der Waals surface area contributed by atoms with Gasteiger partial charge in [-0.2, -0.15) is 0 Å². The third-order valence-corrected chi connectivity index (χ3v) is 4.19. The first-order valence-corrected chi connectivity index (χ1v) is 8.84. The molecule has 0 aliphatic carbocycles. The molecule has 1 aromatic rings. The molecule has 1 aromatic carbocycles. The van der Waals surface area contributed by atoms with E-state index < -0.39 is 5.97 Å². The molecule has 1 aliphatic heterocycles. The van der Waals surface area contributed by atoms with Crippen molar-refractivity contribution in [2.45, 2.75) is 26.4 Å². The van der Waals surface area contributed by atoms with E-state index in [4.69, 9.17) is 14.6 Å². The molecule has 1 N–H and O–H groups in total. The maximum Gasteiger partial charge on any atom is 0.317 e. The topological polar surface area (TPSA) is 79.3 Å². The molecule has 2 rings (SSSR count). The second-order valence-corrected chi connectivity index (χ2v) is 6.84. The van der Waals surface area contributed by atoms with Crippen molar-refractivity contribution in [1.82, 2.24) is 9.80 Å². The summed E-state index contributed by atoms with van der Waals surface area (Å²) < 4.78 is 11.4. The molecule has 0 spiro atoms. The van der Waals surface area contributed by atoms with Crippen LogP contribution < -0.4 is 4.74 Å². The van der Waals surface area contributed by atoms with Gasteiger partial charge in [-0.05, 0) is 44.2 Å². The summed E-state index contributed by atoms with van der Waals surface area (Å²) in [5.74, 6) is -0.0613. The largest absolute Gasteiger partial charge is 0.493 e. The lowest BCUT2D eigenvalue weighted by Crippen LogP contribution is -2.49. The molecule has 144 valence electrons. The van der Waals surface area contributed by atoms with Crippen LogP contribution in [0.2, 0.25) is 0 Å². The van der Waals surface area contributed by atoms with Crippen LogP contribution in [-0.4, -0.2) is 79.3 Å². The molecule has 7 nitrogen and oxygen atoms in total. The zero-order chi connectivity index (χ0) is 19.1. The van der Waals surface area contributed by atoms with Crippen LogP contribution >= 0.6 is 0 Å². The second kappa shape index (κ2) is 9.54. The number of carboxylic acids is 1. The van der Waals surface area contributed by atoms with Gasteiger partial charge in [0.05, 0.1) is 32.3 Å². The summed E-state index contributed by atoms with van der Waals surface area (Å²) in [7, 11) is 1.73. The van der Waals surface area contributed by atoms with Gasteiger partial charge in [-0.1, -0.05) is 6.07 Å². The molecule has 1 saturated heterocycles. The third kappa shape index (κ3) is 6.65. The first kappa shape index (κ1) is 20.2. The van der Waals surface area contributed by atoms with Crippen molar-refractivity contribution in [3.63, 3.8) is 0 Å². The molecule has 1 fully saturated rings. The molecule has 0 aromatic heterocycles. The Morgan fingerprint density at radius 2 is 2.00 bits per heavy atom. The molecule has 1 amide bonds. The number of carbonyl (C=O) groups excluding carboxylic acids is 1. The van der Waals surface area contributed by atoms with Crippen molar-refractivity contribution in [3.05, 3.63) is 29.3 Å². The minimum Gasteiger partial charge on any atom is -0.493 e. The first-order valence-electron chi connectivity index (χ1n) is 8.84. The number of rotatable bonds is 8. The minimum atomic E-state index is -0.875. The van der Waals surface area contributed by atoms with Gasteiger partial charge in [0.15, 0.2) is 0 Å². The second-order valence-electron chi connectivity index (χ2n) is 6.84. The van der Waals surface area contributed by atoms with Gasteiger partial charge in [-0.15, -0.1) is 0 Å². The van der Waals surface area contributed by atoms with Crippen LogP contribution in [0.1, 0.15) is 17.5 Å². The Bertz CT molecular complexity index is 614. The SMILES string of the molecule is Cc1cc(C)cc(OCCC(=O)N2CCOC(CN(C)CC(=O)O)C2)c1. The Labute approximate surface area is 154 Å². The van der Waals surface area contributed by atoms with Gasteiger partial charge in [0.2, 0.25) is 5.91 Å². The number of carbonyl (C=O) groups is 2. The van der Waals surface area contributed by atoms with E-state index in [0.29, 0.717) is 39.3 Å². The van der Waals surface area contributed by atoms with E-state index in [1.807, 2.05) is 26.0 Å². The fraction of sp³-hybridized carbons (Fsp3) is 0.579. The van der Waals surface area contributed by atoms with E-state index in [9.17, 15) is 9.59 Å². The minimum absolute atomic E-state index is 0.0311. The van der Waals surface area contributed by atoms with Gasteiger partial charge >= 0.3 is 5.97 Å². The van der Waals surface area contributed by atoms with Crippen molar-refractivity contribution in [2.75, 3.05) is 46.4 Å². The number of aryl methyl sites for hydroxylation is 2. The summed E-state index contributed by atoms with van der Waals surface area (Å²) in [6, 6.07) is 5.99. The van der Waals surface area contributed by atoms with Crippen LogP contribution in [0.15, 0.2) is 18.2 Å². The van der Waals surface area contributed by atoms with Crippen molar-refractivity contribution in [1.29, 1.82) is 0 Å². The first-order chi connectivity index (χ1) is 12.3. The Morgan fingerprint density at radius 3 is 2.65 bits per heavy atom. The number of hydrogen-bond acceptors (Lipinski definition) is 5. The molecule has 0 saturated carbocycles. The number of nitrogens with zero attached hydrogens (tertiary/aromatic N) is 2. The maximum atomic E-state index is 12.4. The van der Waals surface area contributed by atoms with Crippen molar-refractivity contribution in [2.24, 2.45) is 0 Å². The van der Waals surface area contributed by atoms with Crippen molar-refractivity contribution in [3.8, 4) is 5.75 Å². The van der Waals surface area contributed by atoms with Crippen LogP contribution in [0.5, 0.6) is 5.75 Å². The summed E-state index contributed by atoms with van der Waals surface area (Å²) in [5.41, 5.74) is 2.26. The monoisotopic (exact) mass is 364 g/mol. The molecule has 1 heterocycles. The zero-order valence-corrected chi connectivity index (χ0v) is 15.7. The molecular formula is C19H28N2O5. The normalized spacial score (nSPS) is 17.4. The predicted molar refractivity (Wildman–Crippen MR) is 97.5 cm³/mol. The quantitative estimate of drug-likeness (QED) is 0.749. The van der Waals surface area contributed by atoms with Crippen LogP contribution in [0, 0.1) is 13.8 Å². The van der Waals surface area contributed by atoms with Gasteiger partial charge in [0, 0.05) is 19.6 Å². The molecular weight excluding hydrogens is 336 g/mol. The molecule has 0 radical (unpaired) electrons. The third-order valence-electron chi connectivity index (χ3n) is 4.19. The lowest BCUT2D eigenvalue weighted by Gasteiger charge is -2.34. The highest BCUT2D eigenvalue weighted by Crippen LogP contribution is 2.16. The van der Waals surface area contributed by atoms with Gasteiger partial charge in [0.25, 0.3) is 0 Å². The van der Waals surface area contributed by atoms with E-state index in [1.54, 1.807) is 16.8 Å². The molecule has 26 heavy (non-hydrogen) atoms. The fourth-order valence-electron chi connectivity index (χ4n) is 3.13. The Kier molecular flexibility index (Phi) is 7.41. The number of morpholine rings is 1. The highest BCUT2D eigenvalue weighted by molar-refractivity contribution is 5.76. The maximum absolute atomic E-state index is 12.4. The average molecular weight is 364 g/mol. The highest BCUT2D eigenvalue weighted by Gasteiger charge is 2.25. The fourth-order valence-corrected chi connectivity index (χ4v) is 3.13. The number of carboxylic acid groups (broad SMARTS) is 1.